The molecule has 3 heterocycles. The van der Waals surface area contributed by atoms with Gasteiger partial charge in [0.15, 0.2) is 0 Å². The molecule has 5 rings (SSSR count). The molecule has 1 saturated carbocycles. The van der Waals surface area contributed by atoms with E-state index in [9.17, 15) is 27.9 Å². The van der Waals surface area contributed by atoms with E-state index in [4.69, 9.17) is 0 Å². The fourth-order valence-corrected chi connectivity index (χ4v) is 5.44. The zero-order valence-electron chi connectivity index (χ0n) is 19.9. The summed E-state index contributed by atoms with van der Waals surface area (Å²) in [5.41, 5.74) is 2.33. The molecule has 11 heteroatoms. The fourth-order valence-electron chi connectivity index (χ4n) is 5.44. The van der Waals surface area contributed by atoms with Gasteiger partial charge in [0.05, 0.1) is 29.2 Å². The van der Waals surface area contributed by atoms with Gasteiger partial charge in [0, 0.05) is 30.5 Å². The molecule has 1 atom stereocenters. The van der Waals surface area contributed by atoms with Crippen LogP contribution in [-0.4, -0.2) is 45.8 Å². The van der Waals surface area contributed by atoms with E-state index in [1.54, 1.807) is 10.7 Å². The lowest BCUT2D eigenvalue weighted by atomic mass is 9.86. The van der Waals surface area contributed by atoms with Crippen LogP contribution in [0.3, 0.4) is 0 Å². The van der Waals surface area contributed by atoms with E-state index in [0.717, 1.165) is 18.2 Å². The zero-order chi connectivity index (χ0) is 26.1. The normalized spacial score (nSPS) is 21.9. The topological polar surface area (TPSA) is 96.2 Å². The van der Waals surface area contributed by atoms with Gasteiger partial charge in [0.2, 0.25) is 0 Å². The number of rotatable bonds is 7. The number of ether oxygens (including phenoxy) is 1. The Morgan fingerprint density at radius 1 is 1.11 bits per heavy atom. The summed E-state index contributed by atoms with van der Waals surface area (Å²) < 4.78 is 45.6. The number of carboxylic acid groups (broad SMARTS) is 1. The van der Waals surface area contributed by atoms with Gasteiger partial charge >= 0.3 is 12.6 Å². The molecule has 2 fully saturated rings. The molecule has 8 nitrogen and oxygen atoms in total. The van der Waals surface area contributed by atoms with Crippen molar-refractivity contribution in [2.24, 2.45) is 5.92 Å². The monoisotopic (exact) mass is 516 g/mol. The van der Waals surface area contributed by atoms with Gasteiger partial charge in [-0.25, -0.2) is 8.91 Å². The Kier molecular flexibility index (Phi) is 6.94. The predicted octanol–water partition coefficient (Wildman–Crippen LogP) is 4.79. The number of halogens is 3. The van der Waals surface area contributed by atoms with Crippen molar-refractivity contribution in [1.29, 1.82) is 0 Å². The summed E-state index contributed by atoms with van der Waals surface area (Å²) in [4.78, 5) is 26.3. The van der Waals surface area contributed by atoms with Crippen LogP contribution in [0.25, 0.3) is 5.52 Å². The molecule has 2 aromatic heterocycles. The first-order valence-electron chi connectivity index (χ1n) is 12.3. The van der Waals surface area contributed by atoms with E-state index >= 15 is 0 Å². The van der Waals surface area contributed by atoms with E-state index in [2.05, 4.69) is 20.1 Å². The van der Waals surface area contributed by atoms with Crippen LogP contribution in [0.5, 0.6) is 5.75 Å². The molecule has 3 aromatic rings. The third-order valence-corrected chi connectivity index (χ3v) is 7.25. The van der Waals surface area contributed by atoms with E-state index in [1.807, 2.05) is 12.1 Å². The largest absolute Gasteiger partial charge is 0.481 e. The molecule has 0 spiro atoms. The molecule has 196 valence electrons. The number of nitrogens with zero attached hydrogens (tertiary/aromatic N) is 3. The summed E-state index contributed by atoms with van der Waals surface area (Å²) in [6.07, 6.45) is 7.03. The van der Waals surface area contributed by atoms with Crippen LogP contribution in [-0.2, 0) is 4.79 Å². The maximum atomic E-state index is 14.2. The Labute approximate surface area is 211 Å². The molecule has 1 aliphatic heterocycles. The molecule has 2 N–H and O–H groups in total. The van der Waals surface area contributed by atoms with Crippen LogP contribution >= 0.6 is 0 Å². The smallest absolute Gasteiger partial charge is 0.387 e. The number of aromatic nitrogens is 2. The van der Waals surface area contributed by atoms with Gasteiger partial charge in [-0.2, -0.15) is 13.9 Å². The van der Waals surface area contributed by atoms with Crippen LogP contribution in [0.1, 0.15) is 60.5 Å². The highest BCUT2D eigenvalue weighted by Gasteiger charge is 2.30. The average molecular weight is 517 g/mol. The number of nitrogens with one attached hydrogen (secondary N) is 1. The van der Waals surface area contributed by atoms with Crippen molar-refractivity contribution < 1.29 is 32.6 Å². The predicted molar refractivity (Wildman–Crippen MR) is 128 cm³/mol. The van der Waals surface area contributed by atoms with E-state index in [-0.39, 0.29) is 29.7 Å². The van der Waals surface area contributed by atoms with Gasteiger partial charge in [-0.1, -0.05) is 0 Å². The fraction of sp³-hybridized carbons (Fsp3) is 0.423. The number of anilines is 1. The number of hydrogen-bond donors (Lipinski definition) is 2. The molecule has 2 aliphatic rings. The van der Waals surface area contributed by atoms with Gasteiger partial charge < -0.3 is 20.1 Å². The Bertz CT molecular complexity index is 1310. The molecule has 1 saturated heterocycles. The highest BCUT2D eigenvalue weighted by atomic mass is 19.3. The van der Waals surface area contributed by atoms with Gasteiger partial charge in [0.1, 0.15) is 11.6 Å². The van der Waals surface area contributed by atoms with E-state index in [1.165, 1.54) is 18.3 Å². The maximum Gasteiger partial charge on any atom is 0.387 e. The number of fused-ring (bicyclic) bond motifs is 1. The summed E-state index contributed by atoms with van der Waals surface area (Å²) in [5.74, 6) is -2.31. The van der Waals surface area contributed by atoms with Gasteiger partial charge in [-0.05, 0) is 68.4 Å². The summed E-state index contributed by atoms with van der Waals surface area (Å²) in [5, 5.41) is 16.5. The number of alkyl halides is 2. The minimum absolute atomic E-state index is 0.0955. The average Bonchev–Trinajstić information content (AvgIpc) is 3.50. The number of carbonyl (C=O) groups excluding carboxylic acids is 1. The van der Waals surface area contributed by atoms with Crippen molar-refractivity contribution in [2.45, 2.75) is 57.2 Å². The van der Waals surface area contributed by atoms with Gasteiger partial charge in [-0.3, -0.25) is 9.59 Å². The number of carboxylic acids is 1. The minimum Gasteiger partial charge on any atom is -0.481 e. The second-order valence-electron chi connectivity index (χ2n) is 9.58. The Morgan fingerprint density at radius 3 is 2.62 bits per heavy atom. The minimum atomic E-state index is -3.05. The number of amides is 1. The third-order valence-electron chi connectivity index (χ3n) is 7.25. The van der Waals surface area contributed by atoms with Gasteiger partial charge in [0.25, 0.3) is 5.91 Å². The molecule has 1 amide bonds. The molecule has 1 unspecified atom stereocenters. The first-order valence-corrected chi connectivity index (χ1v) is 12.3. The number of pyridine rings is 1. The lowest BCUT2D eigenvalue weighted by Gasteiger charge is -2.28. The highest BCUT2D eigenvalue weighted by molar-refractivity contribution is 6.01. The van der Waals surface area contributed by atoms with Crippen LogP contribution in [0.2, 0.25) is 0 Å². The Hall–Kier alpha value is -3.76. The summed E-state index contributed by atoms with van der Waals surface area (Å²) in [7, 11) is 0. The Morgan fingerprint density at radius 2 is 1.89 bits per heavy atom. The summed E-state index contributed by atoms with van der Waals surface area (Å²) in [6, 6.07) is 7.06. The molecular weight excluding hydrogens is 489 g/mol. The number of hydrogen-bond acceptors (Lipinski definition) is 5. The van der Waals surface area contributed by atoms with Crippen LogP contribution in [0.4, 0.5) is 18.9 Å². The lowest BCUT2D eigenvalue weighted by Crippen LogP contribution is -2.38. The van der Waals surface area contributed by atoms with Gasteiger partial charge in [-0.15, -0.1) is 0 Å². The van der Waals surface area contributed by atoms with Crippen molar-refractivity contribution in [1.82, 2.24) is 14.9 Å². The van der Waals surface area contributed by atoms with Crippen molar-refractivity contribution >= 4 is 23.1 Å². The summed E-state index contributed by atoms with van der Waals surface area (Å²) in [6.45, 7) is -2.37. The number of benzene rings is 1. The molecule has 0 bridgehead atoms. The van der Waals surface area contributed by atoms with Crippen molar-refractivity contribution in [3.8, 4) is 5.75 Å². The van der Waals surface area contributed by atoms with Crippen molar-refractivity contribution in [2.75, 3.05) is 11.4 Å². The molecule has 1 aliphatic carbocycles. The van der Waals surface area contributed by atoms with Crippen LogP contribution < -0.4 is 15.0 Å². The first kappa shape index (κ1) is 24.9. The highest BCUT2D eigenvalue weighted by Crippen LogP contribution is 2.38. The first-order chi connectivity index (χ1) is 17.8. The maximum absolute atomic E-state index is 14.2. The quantitative estimate of drug-likeness (QED) is 0.469. The lowest BCUT2D eigenvalue weighted by molar-refractivity contribution is -0.142. The molecule has 37 heavy (non-hydrogen) atoms. The number of carbonyl (C=O) groups is 2. The zero-order valence-corrected chi connectivity index (χ0v) is 19.9. The van der Waals surface area contributed by atoms with Crippen molar-refractivity contribution in [3.05, 3.63) is 59.7 Å². The second kappa shape index (κ2) is 10.3. The molecule has 1 aromatic carbocycles. The van der Waals surface area contributed by atoms with E-state index in [0.29, 0.717) is 55.3 Å². The van der Waals surface area contributed by atoms with Crippen molar-refractivity contribution in [3.63, 3.8) is 0 Å². The van der Waals surface area contributed by atoms with Crippen LogP contribution in [0.15, 0.2) is 42.7 Å². The molecule has 0 radical (unpaired) electrons. The SMILES string of the molecule is O=C(NC1CCC(C(=O)O)CC1)c1cnn2ccc(N3CCCC3c3cc(F)cc(OC(F)F)c3)cc12. The van der Waals surface area contributed by atoms with E-state index < -0.39 is 18.4 Å². The second-order valence-corrected chi connectivity index (χ2v) is 9.58. The summed E-state index contributed by atoms with van der Waals surface area (Å²) >= 11 is 0. The molecular formula is C26H27F3N4O4. The third kappa shape index (κ3) is 5.35. The number of aliphatic carboxylic acids is 1. The standard InChI is InChI=1S/C26H27F3N4O4/c27-17-10-16(11-20(12-17)37-26(28)29)22-2-1-8-32(22)19-7-9-33-23(13-19)21(14-30-33)24(34)31-18-5-3-15(4-6-18)25(35)36/h7,9-15,18,22,26H,1-6,8H2,(H,31,34)(H,35,36). The van der Waals surface area contributed by atoms with Crippen LogP contribution in [0, 0.1) is 11.7 Å². The Balaban J connectivity index is 1.36.